The maximum Gasteiger partial charge on any atom is 0.272 e. The van der Waals surface area contributed by atoms with Crippen LogP contribution in [0.3, 0.4) is 0 Å². The normalized spacial score (nSPS) is 13.0. The number of nitrogens with one attached hydrogen (secondary N) is 2. The van der Waals surface area contributed by atoms with Gasteiger partial charge in [-0.2, -0.15) is 5.10 Å². The molecule has 0 spiro atoms. The quantitative estimate of drug-likeness (QED) is 0.231. The monoisotopic (exact) mass is 542 g/mol. The lowest BCUT2D eigenvalue weighted by Gasteiger charge is -2.25. The molecular weight excluding hydrogens is 510 g/mol. The second kappa shape index (κ2) is 11.9. The Morgan fingerprint density at radius 2 is 1.68 bits per heavy atom. The van der Waals surface area contributed by atoms with E-state index >= 15 is 0 Å². The fourth-order valence-corrected chi connectivity index (χ4v) is 5.19. The molecule has 0 bridgehead atoms. The van der Waals surface area contributed by atoms with E-state index in [9.17, 15) is 18.7 Å². The summed E-state index contributed by atoms with van der Waals surface area (Å²) in [5, 5.41) is 24.5. The molecule has 5 aromatic rings. The fraction of sp³-hybridized carbons (Fsp3) is 0.250. The highest BCUT2D eigenvalue weighted by atomic mass is 19.1. The van der Waals surface area contributed by atoms with Crippen LogP contribution in [0.15, 0.2) is 78.9 Å². The van der Waals surface area contributed by atoms with E-state index in [4.69, 9.17) is 0 Å². The summed E-state index contributed by atoms with van der Waals surface area (Å²) >= 11 is 0. The van der Waals surface area contributed by atoms with Crippen molar-refractivity contribution in [3.05, 3.63) is 113 Å². The number of hydrogen-bond acceptors (Lipinski definition) is 4. The minimum absolute atomic E-state index is 0.0300. The Kier molecular flexibility index (Phi) is 8.19. The standard InChI is InChI=1S/C32H32F2N4O2/c1-3-20-7-6-8-21(13-20)18-35-19-29(39)28(16-22-14-24(33)17-25(34)15-22)36-32(40)30-27-12-11-23-9-4-5-10-26(23)31(27)38(2)37-30/h4-15,17,28-29,35,39H,3,16,18-19H2,1-2H3,(H,36,40)/t28-,29+/m0/s1. The topological polar surface area (TPSA) is 79.2 Å². The molecule has 40 heavy (non-hydrogen) atoms. The van der Waals surface area contributed by atoms with E-state index in [0.29, 0.717) is 17.5 Å². The van der Waals surface area contributed by atoms with Crippen LogP contribution in [-0.4, -0.2) is 39.5 Å². The highest BCUT2D eigenvalue weighted by molar-refractivity contribution is 6.13. The van der Waals surface area contributed by atoms with Crippen LogP contribution >= 0.6 is 0 Å². The first-order valence-corrected chi connectivity index (χ1v) is 13.4. The van der Waals surface area contributed by atoms with Crippen LogP contribution in [0.1, 0.15) is 34.1 Å². The smallest absolute Gasteiger partial charge is 0.272 e. The van der Waals surface area contributed by atoms with E-state index in [1.165, 1.54) is 17.7 Å². The molecule has 0 aliphatic carbocycles. The van der Waals surface area contributed by atoms with Gasteiger partial charge in [-0.25, -0.2) is 8.78 Å². The molecule has 8 heteroatoms. The minimum atomic E-state index is -1.04. The largest absolute Gasteiger partial charge is 0.390 e. The Bertz CT molecular complexity index is 1650. The number of aryl methyl sites for hydroxylation is 2. The van der Waals surface area contributed by atoms with Crippen molar-refractivity contribution in [2.45, 2.75) is 38.5 Å². The van der Waals surface area contributed by atoms with Crippen LogP contribution in [0, 0.1) is 11.6 Å². The Morgan fingerprint density at radius 1 is 0.925 bits per heavy atom. The van der Waals surface area contributed by atoms with Crippen LogP contribution in [-0.2, 0) is 26.4 Å². The summed E-state index contributed by atoms with van der Waals surface area (Å²) in [6.07, 6.45) is -0.0878. The molecule has 206 valence electrons. The fourth-order valence-electron chi connectivity index (χ4n) is 5.19. The van der Waals surface area contributed by atoms with Crippen molar-refractivity contribution in [3.63, 3.8) is 0 Å². The average molecular weight is 543 g/mol. The number of amides is 1. The summed E-state index contributed by atoms with van der Waals surface area (Å²) in [7, 11) is 1.78. The van der Waals surface area contributed by atoms with Crippen molar-refractivity contribution in [2.24, 2.45) is 7.05 Å². The number of carbonyl (C=O) groups is 1. The molecule has 6 nitrogen and oxygen atoms in total. The lowest BCUT2D eigenvalue weighted by Crippen LogP contribution is -2.48. The first-order chi connectivity index (χ1) is 19.3. The van der Waals surface area contributed by atoms with Crippen LogP contribution in [0.2, 0.25) is 0 Å². The lowest BCUT2D eigenvalue weighted by atomic mass is 10.00. The molecule has 5 rings (SSSR count). The maximum absolute atomic E-state index is 13.9. The number of aliphatic hydroxyl groups excluding tert-OH is 1. The van der Waals surface area contributed by atoms with Crippen molar-refractivity contribution in [1.29, 1.82) is 0 Å². The second-order valence-electron chi connectivity index (χ2n) is 10.1. The van der Waals surface area contributed by atoms with E-state index in [1.807, 2.05) is 48.5 Å². The van der Waals surface area contributed by atoms with Crippen molar-refractivity contribution >= 4 is 27.6 Å². The maximum atomic E-state index is 13.9. The molecule has 0 radical (unpaired) electrons. The van der Waals surface area contributed by atoms with Crippen LogP contribution in [0.25, 0.3) is 21.7 Å². The van der Waals surface area contributed by atoms with Gasteiger partial charge in [0.15, 0.2) is 5.69 Å². The van der Waals surface area contributed by atoms with Crippen molar-refractivity contribution in [2.75, 3.05) is 6.54 Å². The summed E-state index contributed by atoms with van der Waals surface area (Å²) in [4.78, 5) is 13.5. The third-order valence-corrected chi connectivity index (χ3v) is 7.19. The lowest BCUT2D eigenvalue weighted by molar-refractivity contribution is 0.0826. The molecule has 2 atom stereocenters. The highest BCUT2D eigenvalue weighted by Gasteiger charge is 2.26. The number of halogens is 2. The Morgan fingerprint density at radius 3 is 2.45 bits per heavy atom. The first-order valence-electron chi connectivity index (χ1n) is 13.4. The molecule has 1 amide bonds. The Hall–Kier alpha value is -4.14. The van der Waals surface area contributed by atoms with E-state index in [0.717, 1.165) is 34.3 Å². The van der Waals surface area contributed by atoms with Gasteiger partial charge in [0.05, 0.1) is 17.7 Å². The second-order valence-corrected chi connectivity index (χ2v) is 10.1. The van der Waals surface area contributed by atoms with E-state index < -0.39 is 29.7 Å². The Labute approximate surface area is 231 Å². The van der Waals surface area contributed by atoms with Gasteiger partial charge >= 0.3 is 0 Å². The minimum Gasteiger partial charge on any atom is -0.390 e. The van der Waals surface area contributed by atoms with E-state index in [1.54, 1.807) is 11.7 Å². The molecule has 4 aromatic carbocycles. The number of aromatic nitrogens is 2. The van der Waals surface area contributed by atoms with Gasteiger partial charge in [0, 0.05) is 37.0 Å². The number of rotatable bonds is 10. The van der Waals surface area contributed by atoms with Crippen molar-refractivity contribution in [3.8, 4) is 0 Å². The van der Waals surface area contributed by atoms with Gasteiger partial charge in [-0.05, 0) is 53.1 Å². The predicted molar refractivity (Wildman–Crippen MR) is 153 cm³/mol. The van der Waals surface area contributed by atoms with Gasteiger partial charge in [-0.15, -0.1) is 0 Å². The zero-order chi connectivity index (χ0) is 28.2. The van der Waals surface area contributed by atoms with Crippen molar-refractivity contribution < 1.29 is 18.7 Å². The molecule has 1 heterocycles. The number of hydrogen-bond donors (Lipinski definition) is 3. The summed E-state index contributed by atoms with van der Waals surface area (Å²) in [5.74, 6) is -1.91. The van der Waals surface area contributed by atoms with Gasteiger partial charge < -0.3 is 15.7 Å². The van der Waals surface area contributed by atoms with E-state index in [-0.39, 0.29) is 18.7 Å². The van der Waals surface area contributed by atoms with Gasteiger partial charge in [-0.1, -0.05) is 61.5 Å². The van der Waals surface area contributed by atoms with Crippen molar-refractivity contribution in [1.82, 2.24) is 20.4 Å². The summed E-state index contributed by atoms with van der Waals surface area (Å²) in [5.41, 5.74) is 3.66. The molecule has 1 aromatic heterocycles. The zero-order valence-electron chi connectivity index (χ0n) is 22.5. The van der Waals surface area contributed by atoms with Crippen LogP contribution < -0.4 is 10.6 Å². The molecule has 0 aliphatic rings. The third-order valence-electron chi connectivity index (χ3n) is 7.19. The third kappa shape index (κ3) is 6.03. The molecule has 0 saturated heterocycles. The van der Waals surface area contributed by atoms with Gasteiger partial charge in [-0.3, -0.25) is 9.48 Å². The number of aliphatic hydroxyl groups is 1. The molecule has 0 aliphatic heterocycles. The molecule has 0 unspecified atom stereocenters. The Balaban J connectivity index is 1.38. The summed E-state index contributed by atoms with van der Waals surface area (Å²) < 4.78 is 29.6. The zero-order valence-corrected chi connectivity index (χ0v) is 22.5. The van der Waals surface area contributed by atoms with Gasteiger partial charge in [0.25, 0.3) is 5.91 Å². The van der Waals surface area contributed by atoms with Gasteiger partial charge in [0.1, 0.15) is 11.6 Å². The highest BCUT2D eigenvalue weighted by Crippen LogP contribution is 2.27. The molecule has 0 saturated carbocycles. The van der Waals surface area contributed by atoms with Gasteiger partial charge in [0.2, 0.25) is 0 Å². The molecule has 0 fully saturated rings. The summed E-state index contributed by atoms with van der Waals surface area (Å²) in [6.45, 7) is 2.77. The number of benzene rings is 4. The van der Waals surface area contributed by atoms with Crippen LogP contribution in [0.5, 0.6) is 0 Å². The predicted octanol–water partition coefficient (Wildman–Crippen LogP) is 5.06. The summed E-state index contributed by atoms with van der Waals surface area (Å²) in [6, 6.07) is 22.2. The average Bonchev–Trinajstić information content (AvgIpc) is 3.29. The molecular formula is C32H32F2N4O2. The number of nitrogens with zero attached hydrogens (tertiary/aromatic N) is 2. The SMILES string of the molecule is CCc1cccc(CNC[C@@H](O)[C@H](Cc2cc(F)cc(F)c2)NC(=O)c2nn(C)c3c2ccc2ccccc23)c1. The first kappa shape index (κ1) is 27.4. The number of fused-ring (bicyclic) bond motifs is 3. The number of carbonyl (C=O) groups excluding carboxylic acids is 1. The molecule has 3 N–H and O–H groups in total. The van der Waals surface area contributed by atoms with E-state index in [2.05, 4.69) is 34.8 Å². The van der Waals surface area contributed by atoms with Crippen LogP contribution in [0.4, 0.5) is 8.78 Å².